The van der Waals surface area contributed by atoms with Crippen LogP contribution in [-0.4, -0.2) is 41.8 Å². The summed E-state index contributed by atoms with van der Waals surface area (Å²) < 4.78 is 21.8. The van der Waals surface area contributed by atoms with Crippen molar-refractivity contribution in [2.75, 3.05) is 27.2 Å². The van der Waals surface area contributed by atoms with E-state index in [1.54, 1.807) is 21.3 Å². The molecule has 0 spiro atoms. The molecule has 1 aliphatic rings. The van der Waals surface area contributed by atoms with E-state index < -0.39 is 14.6 Å². The Kier molecular flexibility index (Phi) is 4.36. The minimum Gasteiger partial charge on any atom is -0.377 e. The fraction of sp³-hybridized carbons (Fsp3) is 1.00. The van der Waals surface area contributed by atoms with Crippen molar-refractivity contribution < 1.29 is 18.0 Å². The fourth-order valence-corrected chi connectivity index (χ4v) is 4.29. The lowest BCUT2D eigenvalue weighted by atomic mass is 10.2. The van der Waals surface area contributed by atoms with Crippen LogP contribution in [0.15, 0.2) is 0 Å². The summed E-state index contributed by atoms with van der Waals surface area (Å²) in [5.74, 6) is -0.428. The van der Waals surface area contributed by atoms with E-state index in [2.05, 4.69) is 0 Å². The molecule has 0 N–H and O–H groups in total. The third-order valence-corrected chi connectivity index (χ3v) is 5.88. The van der Waals surface area contributed by atoms with Crippen LogP contribution >= 0.6 is 11.6 Å². The summed E-state index contributed by atoms with van der Waals surface area (Å²) in [5.41, 5.74) is 0. The van der Waals surface area contributed by atoms with Crippen LogP contribution in [0, 0.1) is 0 Å². The Bertz CT molecular complexity index is 164. The summed E-state index contributed by atoms with van der Waals surface area (Å²) in [6.45, 7) is 0. The largest absolute Gasteiger partial charge is 0.502 e. The van der Waals surface area contributed by atoms with Crippen LogP contribution in [0.5, 0.6) is 0 Å². The number of ether oxygens (including phenoxy) is 1. The van der Waals surface area contributed by atoms with Crippen molar-refractivity contribution in [3.05, 3.63) is 0 Å². The standard InChI is InChI=1S/C8H17ClO4Si/c1-10-8(7-9)5-4-6-14(11-2,12-3)13-8/h4-7H2,1-3H3. The Labute approximate surface area is 90.8 Å². The first-order chi connectivity index (χ1) is 6.66. The molecule has 1 fully saturated rings. The van der Waals surface area contributed by atoms with Gasteiger partial charge in [0.1, 0.15) is 0 Å². The fourth-order valence-electron chi connectivity index (χ4n) is 1.62. The van der Waals surface area contributed by atoms with Crippen LogP contribution in [0.1, 0.15) is 12.8 Å². The smallest absolute Gasteiger partial charge is 0.377 e. The SMILES string of the molecule is COC1(CCl)CCC[Si](OC)(OC)O1. The predicted octanol–water partition coefficient (Wildman–Crippen LogP) is 1.61. The first-order valence-electron chi connectivity index (χ1n) is 4.57. The zero-order valence-corrected chi connectivity index (χ0v) is 10.6. The molecule has 4 nitrogen and oxygen atoms in total. The highest BCUT2D eigenvalue weighted by Gasteiger charge is 2.51. The van der Waals surface area contributed by atoms with Crippen LogP contribution in [0.25, 0.3) is 0 Å². The molecule has 1 unspecified atom stereocenters. The second-order valence-corrected chi connectivity index (χ2v) is 6.45. The molecule has 0 aromatic rings. The molecule has 0 aliphatic carbocycles. The van der Waals surface area contributed by atoms with E-state index in [-0.39, 0.29) is 0 Å². The Morgan fingerprint density at radius 2 is 2.00 bits per heavy atom. The van der Waals surface area contributed by atoms with Crippen LogP contribution in [0.2, 0.25) is 6.04 Å². The maximum absolute atomic E-state index is 5.84. The molecule has 1 saturated heterocycles. The average molecular weight is 241 g/mol. The molecule has 0 aromatic heterocycles. The number of alkyl halides is 1. The molecule has 84 valence electrons. The summed E-state index contributed by atoms with van der Waals surface area (Å²) >= 11 is 5.84. The molecule has 0 saturated carbocycles. The first kappa shape index (κ1) is 12.4. The Morgan fingerprint density at radius 3 is 2.43 bits per heavy atom. The summed E-state index contributed by atoms with van der Waals surface area (Å²) in [6, 6.07) is 0.821. The Morgan fingerprint density at radius 1 is 1.36 bits per heavy atom. The van der Waals surface area contributed by atoms with E-state index in [4.69, 9.17) is 29.6 Å². The van der Waals surface area contributed by atoms with Gasteiger partial charge in [-0.25, -0.2) is 0 Å². The topological polar surface area (TPSA) is 36.9 Å². The van der Waals surface area contributed by atoms with Crippen molar-refractivity contribution in [1.29, 1.82) is 0 Å². The van der Waals surface area contributed by atoms with Crippen LogP contribution in [0.4, 0.5) is 0 Å². The molecule has 1 rings (SSSR count). The maximum Gasteiger partial charge on any atom is 0.502 e. The minimum atomic E-state index is -2.52. The van der Waals surface area contributed by atoms with Gasteiger partial charge in [-0.05, 0) is 6.42 Å². The van der Waals surface area contributed by atoms with Crippen LogP contribution in [0.3, 0.4) is 0 Å². The van der Waals surface area contributed by atoms with E-state index in [0.29, 0.717) is 5.88 Å². The van der Waals surface area contributed by atoms with Crippen LogP contribution in [-0.2, 0) is 18.0 Å². The summed E-state index contributed by atoms with van der Waals surface area (Å²) in [7, 11) is 2.29. The van der Waals surface area contributed by atoms with Crippen molar-refractivity contribution in [2.45, 2.75) is 24.7 Å². The third-order valence-electron chi connectivity index (χ3n) is 2.58. The molecule has 0 aromatic carbocycles. The third kappa shape index (κ3) is 2.29. The first-order valence-corrected chi connectivity index (χ1v) is 7.04. The van der Waals surface area contributed by atoms with Gasteiger partial charge in [0.2, 0.25) is 0 Å². The molecule has 1 heterocycles. The number of methoxy groups -OCH3 is 1. The van der Waals surface area contributed by atoms with Gasteiger partial charge in [-0.1, -0.05) is 0 Å². The molecular weight excluding hydrogens is 224 g/mol. The average Bonchev–Trinajstić information content (AvgIpc) is 2.29. The molecule has 0 amide bonds. The lowest BCUT2D eigenvalue weighted by molar-refractivity contribution is -0.191. The number of rotatable bonds is 4. The highest BCUT2D eigenvalue weighted by Crippen LogP contribution is 2.35. The van der Waals surface area contributed by atoms with Crippen molar-refractivity contribution in [3.63, 3.8) is 0 Å². The van der Waals surface area contributed by atoms with Gasteiger partial charge in [0.25, 0.3) is 0 Å². The molecule has 0 bridgehead atoms. The Balaban J connectivity index is 2.75. The molecule has 1 atom stereocenters. The van der Waals surface area contributed by atoms with Crippen molar-refractivity contribution in [3.8, 4) is 0 Å². The molecular formula is C8H17ClO4Si. The summed E-state index contributed by atoms with van der Waals surface area (Å²) in [6.07, 6.45) is 1.74. The maximum atomic E-state index is 5.84. The van der Waals surface area contributed by atoms with E-state index >= 15 is 0 Å². The highest BCUT2D eigenvalue weighted by atomic mass is 35.5. The van der Waals surface area contributed by atoms with Gasteiger partial charge in [0.05, 0.1) is 5.88 Å². The second kappa shape index (κ2) is 4.91. The van der Waals surface area contributed by atoms with Gasteiger partial charge in [0, 0.05) is 33.8 Å². The molecule has 6 heteroatoms. The van der Waals surface area contributed by atoms with Gasteiger partial charge >= 0.3 is 8.80 Å². The van der Waals surface area contributed by atoms with Crippen molar-refractivity contribution >= 4 is 20.4 Å². The second-order valence-electron chi connectivity index (χ2n) is 3.30. The zero-order chi connectivity index (χ0) is 10.7. The number of hydrogen-bond donors (Lipinski definition) is 0. The molecule has 0 radical (unpaired) electrons. The van der Waals surface area contributed by atoms with E-state index in [1.165, 1.54) is 0 Å². The predicted molar refractivity (Wildman–Crippen MR) is 55.4 cm³/mol. The van der Waals surface area contributed by atoms with Gasteiger partial charge in [-0.3, -0.25) is 0 Å². The summed E-state index contributed by atoms with van der Waals surface area (Å²) in [5, 5.41) is 0. The molecule has 14 heavy (non-hydrogen) atoms. The van der Waals surface area contributed by atoms with Crippen molar-refractivity contribution in [1.82, 2.24) is 0 Å². The van der Waals surface area contributed by atoms with Gasteiger partial charge in [-0.2, -0.15) is 0 Å². The minimum absolute atomic E-state index is 0.297. The van der Waals surface area contributed by atoms with Crippen molar-refractivity contribution in [2.24, 2.45) is 0 Å². The molecule has 1 aliphatic heterocycles. The van der Waals surface area contributed by atoms with Gasteiger partial charge < -0.3 is 18.0 Å². The highest BCUT2D eigenvalue weighted by molar-refractivity contribution is 6.60. The zero-order valence-electron chi connectivity index (χ0n) is 8.84. The lowest BCUT2D eigenvalue weighted by Crippen LogP contribution is -2.56. The van der Waals surface area contributed by atoms with E-state index in [1.807, 2.05) is 0 Å². The number of halogens is 1. The number of hydrogen-bond acceptors (Lipinski definition) is 4. The van der Waals surface area contributed by atoms with Crippen LogP contribution < -0.4 is 0 Å². The lowest BCUT2D eigenvalue weighted by Gasteiger charge is -2.42. The normalized spacial score (nSPS) is 31.7. The van der Waals surface area contributed by atoms with E-state index in [9.17, 15) is 0 Å². The van der Waals surface area contributed by atoms with Gasteiger partial charge in [0.15, 0.2) is 5.79 Å². The van der Waals surface area contributed by atoms with E-state index in [0.717, 1.165) is 18.9 Å². The quantitative estimate of drug-likeness (QED) is 0.553. The Hall–Kier alpha value is 0.347. The monoisotopic (exact) mass is 240 g/mol. The van der Waals surface area contributed by atoms with Gasteiger partial charge in [-0.15, -0.1) is 11.6 Å². The summed E-state index contributed by atoms with van der Waals surface area (Å²) in [4.78, 5) is 0.